The summed E-state index contributed by atoms with van der Waals surface area (Å²) in [4.78, 5) is 5.29. The van der Waals surface area contributed by atoms with E-state index in [1.54, 1.807) is 0 Å². The van der Waals surface area contributed by atoms with Crippen molar-refractivity contribution in [1.82, 2.24) is 4.57 Å². The fraction of sp³-hybridized carbons (Fsp3) is 0.312. The number of rotatable bonds is 9. The van der Waals surface area contributed by atoms with Crippen molar-refractivity contribution in [2.45, 2.75) is 65.5 Å². The Morgan fingerprint density at radius 1 is 0.800 bits per heavy atom. The predicted molar refractivity (Wildman–Crippen MR) is 147 cm³/mol. The Hall–Kier alpha value is -3.46. The molecule has 4 aromatic rings. The van der Waals surface area contributed by atoms with Crippen LogP contribution in [0.3, 0.4) is 0 Å². The third-order valence-corrected chi connectivity index (χ3v) is 6.61. The molecule has 3 nitrogen and oxygen atoms in total. The van der Waals surface area contributed by atoms with Crippen molar-refractivity contribution < 1.29 is 4.57 Å². The summed E-state index contributed by atoms with van der Waals surface area (Å²) in [5.41, 5.74) is 7.61. The SMILES string of the molecule is CC[C@H](N=C(C[n+]1ccn(-c2c(C(C)C)cccc2C(C)C)c1)c1ccccc1)c1ccccc1. The lowest BCUT2D eigenvalue weighted by atomic mass is 9.92. The fourth-order valence-corrected chi connectivity index (χ4v) is 4.70. The van der Waals surface area contributed by atoms with E-state index >= 15 is 0 Å². The Bertz CT molecular complexity index is 1220. The number of hydrogen-bond donors (Lipinski definition) is 0. The van der Waals surface area contributed by atoms with Gasteiger partial charge in [0.25, 0.3) is 0 Å². The topological polar surface area (TPSA) is 21.2 Å². The highest BCUT2D eigenvalue weighted by Gasteiger charge is 2.21. The standard InChI is InChI=1S/C32H38N3/c1-6-30(26-14-9-7-10-15-26)33-31(27-16-11-8-12-17-27)22-34-20-21-35(23-34)32-28(24(2)3)18-13-19-29(32)25(4)5/h7-21,23-25,30H,6,22H2,1-5H3/q+1/t30-/m0/s1. The summed E-state index contributed by atoms with van der Waals surface area (Å²) >= 11 is 0. The van der Waals surface area contributed by atoms with Crippen LogP contribution in [0.15, 0.2) is 103 Å². The molecule has 0 aliphatic carbocycles. The summed E-state index contributed by atoms with van der Waals surface area (Å²) in [6.07, 6.45) is 7.54. The Morgan fingerprint density at radius 2 is 1.40 bits per heavy atom. The Morgan fingerprint density at radius 3 is 1.97 bits per heavy atom. The number of aliphatic imine (C=N–C) groups is 1. The molecule has 0 saturated carbocycles. The van der Waals surface area contributed by atoms with Crippen LogP contribution < -0.4 is 4.57 Å². The highest BCUT2D eigenvalue weighted by Crippen LogP contribution is 2.30. The van der Waals surface area contributed by atoms with Crippen LogP contribution in [0, 0.1) is 0 Å². The zero-order valence-corrected chi connectivity index (χ0v) is 21.7. The molecule has 3 aromatic carbocycles. The molecule has 3 heteroatoms. The van der Waals surface area contributed by atoms with E-state index in [1.165, 1.54) is 27.9 Å². The molecule has 0 spiro atoms. The van der Waals surface area contributed by atoms with Gasteiger partial charge in [-0.3, -0.25) is 4.99 Å². The van der Waals surface area contributed by atoms with Crippen molar-refractivity contribution in [3.63, 3.8) is 0 Å². The zero-order valence-electron chi connectivity index (χ0n) is 21.7. The number of imidazole rings is 1. The molecule has 0 radical (unpaired) electrons. The summed E-state index contributed by atoms with van der Waals surface area (Å²) < 4.78 is 4.55. The number of benzene rings is 3. The minimum absolute atomic E-state index is 0.142. The summed E-state index contributed by atoms with van der Waals surface area (Å²) in [6.45, 7) is 12.0. The molecule has 0 bridgehead atoms. The first kappa shape index (κ1) is 24.7. The van der Waals surface area contributed by atoms with Gasteiger partial charge in [-0.1, -0.05) is 113 Å². The van der Waals surface area contributed by atoms with Crippen LogP contribution in [0.5, 0.6) is 0 Å². The lowest BCUT2D eigenvalue weighted by Crippen LogP contribution is -2.36. The van der Waals surface area contributed by atoms with Gasteiger partial charge in [0.2, 0.25) is 6.33 Å². The molecule has 0 amide bonds. The molecule has 1 aromatic heterocycles. The van der Waals surface area contributed by atoms with Crippen LogP contribution in [0.1, 0.15) is 81.2 Å². The summed E-state index contributed by atoms with van der Waals surface area (Å²) in [5, 5.41) is 0. The Balaban J connectivity index is 1.73. The maximum Gasteiger partial charge on any atom is 0.249 e. The first-order valence-corrected chi connectivity index (χ1v) is 12.8. The normalized spacial score (nSPS) is 12.9. The molecule has 180 valence electrons. The van der Waals surface area contributed by atoms with Crippen LogP contribution in [0.25, 0.3) is 5.69 Å². The third-order valence-electron chi connectivity index (χ3n) is 6.61. The molecule has 1 atom stereocenters. The van der Waals surface area contributed by atoms with Crippen molar-refractivity contribution in [2.75, 3.05) is 0 Å². The monoisotopic (exact) mass is 464 g/mol. The molecule has 0 aliphatic heterocycles. The second-order valence-corrected chi connectivity index (χ2v) is 9.86. The van der Waals surface area contributed by atoms with Gasteiger partial charge < -0.3 is 0 Å². The van der Waals surface area contributed by atoms with E-state index in [9.17, 15) is 0 Å². The number of para-hydroxylation sites is 1. The van der Waals surface area contributed by atoms with Crippen molar-refractivity contribution in [2.24, 2.45) is 4.99 Å². The molecular formula is C32H38N3+. The van der Waals surface area contributed by atoms with Gasteiger partial charge in [0.15, 0.2) is 0 Å². The van der Waals surface area contributed by atoms with E-state index in [0.717, 1.165) is 18.7 Å². The van der Waals surface area contributed by atoms with Gasteiger partial charge in [-0.15, -0.1) is 0 Å². The van der Waals surface area contributed by atoms with E-state index in [-0.39, 0.29) is 6.04 Å². The van der Waals surface area contributed by atoms with Crippen molar-refractivity contribution in [3.05, 3.63) is 120 Å². The molecule has 0 fully saturated rings. The second-order valence-electron chi connectivity index (χ2n) is 9.86. The molecule has 0 N–H and O–H groups in total. The minimum atomic E-state index is 0.142. The van der Waals surface area contributed by atoms with E-state index < -0.39 is 0 Å². The maximum absolute atomic E-state index is 5.29. The minimum Gasteiger partial charge on any atom is -0.277 e. The van der Waals surface area contributed by atoms with Crippen molar-refractivity contribution >= 4 is 5.71 Å². The first-order valence-electron chi connectivity index (χ1n) is 12.8. The van der Waals surface area contributed by atoms with Crippen LogP contribution >= 0.6 is 0 Å². The zero-order chi connectivity index (χ0) is 24.8. The molecule has 0 saturated heterocycles. The van der Waals surface area contributed by atoms with Gasteiger partial charge in [-0.2, -0.15) is 0 Å². The van der Waals surface area contributed by atoms with E-state index in [0.29, 0.717) is 11.8 Å². The van der Waals surface area contributed by atoms with E-state index in [1.807, 2.05) is 0 Å². The largest absolute Gasteiger partial charge is 0.277 e. The van der Waals surface area contributed by atoms with Gasteiger partial charge in [0.05, 0.1) is 11.8 Å². The quantitative estimate of drug-likeness (QED) is 0.179. The Labute approximate surface area is 210 Å². The lowest BCUT2D eigenvalue weighted by molar-refractivity contribution is -0.681. The molecule has 0 aliphatic rings. The molecular weight excluding hydrogens is 426 g/mol. The van der Waals surface area contributed by atoms with Crippen LogP contribution in [-0.2, 0) is 6.54 Å². The van der Waals surface area contributed by atoms with Crippen molar-refractivity contribution in [1.29, 1.82) is 0 Å². The number of nitrogens with zero attached hydrogens (tertiary/aromatic N) is 3. The van der Waals surface area contributed by atoms with Gasteiger partial charge in [0.1, 0.15) is 24.6 Å². The van der Waals surface area contributed by atoms with E-state index in [2.05, 4.69) is 141 Å². The van der Waals surface area contributed by atoms with Crippen LogP contribution in [0.4, 0.5) is 0 Å². The third kappa shape index (κ3) is 5.79. The van der Waals surface area contributed by atoms with Crippen LogP contribution in [0.2, 0.25) is 0 Å². The molecule has 35 heavy (non-hydrogen) atoms. The van der Waals surface area contributed by atoms with Gasteiger partial charge in [-0.05, 0) is 29.4 Å². The summed E-state index contributed by atoms with van der Waals surface area (Å²) in [6, 6.07) is 28.1. The molecule has 4 rings (SSSR count). The first-order chi connectivity index (χ1) is 17.0. The van der Waals surface area contributed by atoms with Crippen LogP contribution in [-0.4, -0.2) is 10.3 Å². The van der Waals surface area contributed by atoms with Crippen molar-refractivity contribution in [3.8, 4) is 5.69 Å². The van der Waals surface area contributed by atoms with Gasteiger partial charge in [-0.25, -0.2) is 9.13 Å². The van der Waals surface area contributed by atoms with Gasteiger partial charge in [0, 0.05) is 11.1 Å². The molecule has 1 heterocycles. The van der Waals surface area contributed by atoms with E-state index in [4.69, 9.17) is 4.99 Å². The average molecular weight is 465 g/mol. The highest BCUT2D eigenvalue weighted by atomic mass is 15.1. The summed E-state index contributed by atoms with van der Waals surface area (Å²) in [7, 11) is 0. The molecule has 0 unspecified atom stereocenters. The fourth-order valence-electron chi connectivity index (χ4n) is 4.70. The Kier molecular flexibility index (Phi) is 7.97. The smallest absolute Gasteiger partial charge is 0.249 e. The number of hydrogen-bond acceptors (Lipinski definition) is 1. The second kappa shape index (κ2) is 11.3. The maximum atomic E-state index is 5.29. The summed E-state index contributed by atoms with van der Waals surface area (Å²) in [5.74, 6) is 0.911. The highest BCUT2D eigenvalue weighted by molar-refractivity contribution is 5.99. The van der Waals surface area contributed by atoms with Gasteiger partial charge >= 0.3 is 0 Å². The predicted octanol–water partition coefficient (Wildman–Crippen LogP) is 7.65. The lowest BCUT2D eigenvalue weighted by Gasteiger charge is -2.16. The number of aromatic nitrogens is 2. The average Bonchev–Trinajstić information content (AvgIpc) is 3.35.